The van der Waals surface area contributed by atoms with E-state index >= 15 is 0 Å². The number of nitrogens with one attached hydrogen (secondary N) is 1. The Labute approximate surface area is 189 Å². The Morgan fingerprint density at radius 1 is 1.24 bits per heavy atom. The van der Waals surface area contributed by atoms with Crippen LogP contribution in [0.15, 0.2) is 50.9 Å². The van der Waals surface area contributed by atoms with Crippen LogP contribution in [0.4, 0.5) is 0 Å². The molecule has 1 aliphatic heterocycles. The van der Waals surface area contributed by atoms with E-state index in [4.69, 9.17) is 17.0 Å². The fourth-order valence-corrected chi connectivity index (χ4v) is 4.24. The monoisotopic (exact) mass is 533 g/mol. The minimum atomic E-state index is -0.543. The number of nitrogens with zero attached hydrogens (tertiary/aromatic N) is 2. The lowest BCUT2D eigenvalue weighted by atomic mass is 10.1. The number of ether oxygens (including phenoxy) is 1. The number of halogens is 2. The molecule has 0 unspecified atom stereocenters. The maximum Gasteiger partial charge on any atom is 0.265 e. The molecule has 3 rings (SSSR count). The first kappa shape index (κ1) is 21.2. The van der Waals surface area contributed by atoms with Crippen molar-refractivity contribution in [1.29, 1.82) is 5.26 Å². The minimum Gasteiger partial charge on any atom is -0.486 e. The van der Waals surface area contributed by atoms with E-state index in [2.05, 4.69) is 43.2 Å². The van der Waals surface area contributed by atoms with Gasteiger partial charge in [0.05, 0.1) is 20.6 Å². The summed E-state index contributed by atoms with van der Waals surface area (Å²) in [6.45, 7) is 0.213. The van der Waals surface area contributed by atoms with Crippen molar-refractivity contribution < 1.29 is 14.3 Å². The van der Waals surface area contributed by atoms with Gasteiger partial charge in [-0.3, -0.25) is 19.8 Å². The van der Waals surface area contributed by atoms with Crippen molar-refractivity contribution in [2.45, 2.75) is 6.61 Å². The third-order valence-corrected chi connectivity index (χ3v) is 5.70. The molecule has 2 amide bonds. The van der Waals surface area contributed by atoms with Gasteiger partial charge in [0.25, 0.3) is 11.8 Å². The number of rotatable bonds is 4. The quantitative estimate of drug-likeness (QED) is 0.365. The van der Waals surface area contributed by atoms with E-state index in [-0.39, 0.29) is 17.3 Å². The van der Waals surface area contributed by atoms with Gasteiger partial charge in [0.1, 0.15) is 17.9 Å². The second-order valence-corrected chi connectivity index (χ2v) is 8.15. The first-order valence-corrected chi connectivity index (χ1v) is 10.3. The van der Waals surface area contributed by atoms with Gasteiger partial charge in [-0.05, 0) is 73.9 Å². The largest absolute Gasteiger partial charge is 0.486 e. The van der Waals surface area contributed by atoms with E-state index in [9.17, 15) is 14.9 Å². The van der Waals surface area contributed by atoms with E-state index < -0.39 is 11.8 Å². The van der Waals surface area contributed by atoms with E-state index in [1.54, 1.807) is 24.3 Å². The number of thiocarbonyl (C=S) groups is 1. The van der Waals surface area contributed by atoms with Crippen molar-refractivity contribution >= 4 is 67.1 Å². The molecule has 1 N–H and O–H groups in total. The Hall–Kier alpha value is -2.54. The Kier molecular flexibility index (Phi) is 6.47. The van der Waals surface area contributed by atoms with Crippen LogP contribution in [0, 0.1) is 11.3 Å². The summed E-state index contributed by atoms with van der Waals surface area (Å²) in [5, 5.41) is 11.7. The van der Waals surface area contributed by atoms with Crippen molar-refractivity contribution in [3.63, 3.8) is 0 Å². The van der Waals surface area contributed by atoms with Crippen LogP contribution in [0.2, 0.25) is 0 Å². The maximum atomic E-state index is 12.3. The lowest BCUT2D eigenvalue weighted by molar-refractivity contribution is -0.128. The van der Waals surface area contributed by atoms with Gasteiger partial charge in [-0.2, -0.15) is 5.26 Å². The number of benzene rings is 2. The molecule has 29 heavy (non-hydrogen) atoms. The Balaban J connectivity index is 1.86. The molecule has 146 valence electrons. The summed E-state index contributed by atoms with van der Waals surface area (Å²) in [6.07, 6.45) is 1.49. The van der Waals surface area contributed by atoms with Crippen LogP contribution < -0.4 is 10.1 Å². The molecule has 0 spiro atoms. The molecule has 0 aliphatic carbocycles. The second kappa shape index (κ2) is 8.86. The van der Waals surface area contributed by atoms with Gasteiger partial charge in [0.15, 0.2) is 5.11 Å². The van der Waals surface area contributed by atoms with Crippen LogP contribution in [0.1, 0.15) is 16.7 Å². The third-order valence-electron chi connectivity index (χ3n) is 4.15. The first-order valence-electron chi connectivity index (χ1n) is 8.26. The molecule has 1 aliphatic rings. The van der Waals surface area contributed by atoms with Crippen molar-refractivity contribution in [2.75, 3.05) is 7.05 Å². The predicted molar refractivity (Wildman–Crippen MR) is 119 cm³/mol. The van der Waals surface area contributed by atoms with Crippen LogP contribution >= 0.6 is 44.1 Å². The summed E-state index contributed by atoms with van der Waals surface area (Å²) in [4.78, 5) is 25.7. The van der Waals surface area contributed by atoms with Gasteiger partial charge < -0.3 is 4.74 Å². The molecule has 0 atom stereocenters. The van der Waals surface area contributed by atoms with E-state index in [0.717, 1.165) is 5.56 Å². The van der Waals surface area contributed by atoms with Gasteiger partial charge in [-0.1, -0.05) is 18.2 Å². The van der Waals surface area contributed by atoms with Crippen molar-refractivity contribution in [3.8, 4) is 11.8 Å². The zero-order valence-corrected chi connectivity index (χ0v) is 19.0. The number of carbonyl (C=O) groups is 2. The number of hydrogen-bond acceptors (Lipinski definition) is 5. The average molecular weight is 535 g/mol. The lowest BCUT2D eigenvalue weighted by Gasteiger charge is -2.25. The van der Waals surface area contributed by atoms with Crippen LogP contribution in [0.25, 0.3) is 6.08 Å². The maximum absolute atomic E-state index is 12.3. The van der Waals surface area contributed by atoms with Crippen LogP contribution in [-0.2, 0) is 16.2 Å². The predicted octanol–water partition coefficient (Wildman–Crippen LogP) is 3.92. The number of hydrogen-bond donors (Lipinski definition) is 1. The fourth-order valence-electron chi connectivity index (χ4n) is 2.62. The second-order valence-electron chi connectivity index (χ2n) is 6.05. The summed E-state index contributed by atoms with van der Waals surface area (Å²) in [5.74, 6) is -0.476. The summed E-state index contributed by atoms with van der Waals surface area (Å²) in [7, 11) is 1.50. The third kappa shape index (κ3) is 4.56. The summed E-state index contributed by atoms with van der Waals surface area (Å²) in [6, 6.07) is 12.8. The molecule has 0 aromatic heterocycles. The molecule has 6 nitrogen and oxygen atoms in total. The smallest absolute Gasteiger partial charge is 0.265 e. The zero-order valence-electron chi connectivity index (χ0n) is 15.0. The molecule has 1 heterocycles. The van der Waals surface area contributed by atoms with Gasteiger partial charge >= 0.3 is 0 Å². The van der Waals surface area contributed by atoms with Crippen molar-refractivity contribution in [2.24, 2.45) is 0 Å². The molecule has 1 fully saturated rings. The number of carbonyl (C=O) groups excluding carboxylic acids is 2. The highest BCUT2D eigenvalue weighted by Gasteiger charge is 2.30. The standard InChI is InChI=1S/C20H13Br2N3O3S/c1-25-19(27)14(18(26)24-20(25)29)6-11-7-15(21)17(16(22)8-11)28-10-13-5-3-2-4-12(13)9-23/h2-8H,10H2,1H3,(H,24,26,29)/b14-6+. The van der Waals surface area contributed by atoms with Crippen molar-refractivity contribution in [1.82, 2.24) is 10.2 Å². The Morgan fingerprint density at radius 3 is 2.55 bits per heavy atom. The molecular weight excluding hydrogens is 522 g/mol. The molecule has 0 saturated carbocycles. The van der Waals surface area contributed by atoms with Crippen molar-refractivity contribution in [3.05, 3.63) is 67.6 Å². The van der Waals surface area contributed by atoms with Crippen LogP contribution in [0.3, 0.4) is 0 Å². The highest BCUT2D eigenvalue weighted by molar-refractivity contribution is 9.11. The zero-order chi connectivity index (χ0) is 21.1. The molecular formula is C20H13Br2N3O3S. The van der Waals surface area contributed by atoms with Gasteiger partial charge in [0, 0.05) is 12.6 Å². The molecule has 0 bridgehead atoms. The number of likely N-dealkylation sites (N-methyl/N-ethyl adjacent to an activating group) is 1. The molecule has 0 radical (unpaired) electrons. The fraction of sp³-hybridized carbons (Fsp3) is 0.100. The summed E-state index contributed by atoms with van der Waals surface area (Å²) in [5.41, 5.74) is 1.91. The summed E-state index contributed by atoms with van der Waals surface area (Å²) >= 11 is 11.9. The number of amides is 2. The van der Waals surface area contributed by atoms with Gasteiger partial charge in [-0.15, -0.1) is 0 Å². The minimum absolute atomic E-state index is 0.0171. The highest BCUT2D eigenvalue weighted by atomic mass is 79.9. The Morgan fingerprint density at radius 2 is 1.90 bits per heavy atom. The number of nitriles is 1. The van der Waals surface area contributed by atoms with E-state index in [1.165, 1.54) is 18.0 Å². The summed E-state index contributed by atoms with van der Waals surface area (Å²) < 4.78 is 7.13. The topological polar surface area (TPSA) is 82.4 Å². The molecule has 2 aromatic carbocycles. The van der Waals surface area contributed by atoms with E-state index in [0.29, 0.717) is 25.8 Å². The molecule has 1 saturated heterocycles. The van der Waals surface area contributed by atoms with Gasteiger partial charge in [0.2, 0.25) is 0 Å². The molecule has 9 heteroatoms. The van der Waals surface area contributed by atoms with Crippen LogP contribution in [0.5, 0.6) is 5.75 Å². The lowest BCUT2D eigenvalue weighted by Crippen LogP contribution is -2.52. The van der Waals surface area contributed by atoms with Gasteiger partial charge in [-0.25, -0.2) is 0 Å². The highest BCUT2D eigenvalue weighted by Crippen LogP contribution is 2.36. The normalized spacial score (nSPS) is 15.3. The Bertz CT molecular complexity index is 1090. The molecule has 2 aromatic rings. The SMILES string of the molecule is CN1C(=O)/C(=C/c2cc(Br)c(OCc3ccccc3C#N)c(Br)c2)C(=O)NC1=S. The first-order chi connectivity index (χ1) is 13.8. The van der Waals surface area contributed by atoms with Crippen LogP contribution in [-0.4, -0.2) is 28.9 Å². The van der Waals surface area contributed by atoms with E-state index in [1.807, 2.05) is 12.1 Å². The average Bonchev–Trinajstić information content (AvgIpc) is 2.69.